The first-order valence-corrected chi connectivity index (χ1v) is 21.5. The highest BCUT2D eigenvalue weighted by Crippen LogP contribution is 2.43. The van der Waals surface area contributed by atoms with Crippen molar-refractivity contribution in [1.29, 1.82) is 0 Å². The number of hydrogen-bond donors (Lipinski definition) is 2. The van der Waals surface area contributed by atoms with Gasteiger partial charge in [-0.1, -0.05) is 75.3 Å². The summed E-state index contributed by atoms with van der Waals surface area (Å²) in [6.07, 6.45) is 16.2. The first kappa shape index (κ1) is 41.9. The number of carbonyl (C=O) groups excluding carboxylic acids is 1. The highest BCUT2D eigenvalue weighted by Gasteiger charge is 2.39. The Morgan fingerprint density at radius 3 is 2.16 bits per heavy atom. The van der Waals surface area contributed by atoms with Crippen LogP contribution in [0, 0.1) is 45.6 Å². The average molecular weight is 712 g/mol. The fourth-order valence-corrected chi connectivity index (χ4v) is 8.04. The van der Waals surface area contributed by atoms with Gasteiger partial charge in [0.05, 0.1) is 11.0 Å². The third-order valence-electron chi connectivity index (χ3n) is 9.34. The van der Waals surface area contributed by atoms with Crippen LogP contribution in [0.4, 0.5) is 5.69 Å². The molecule has 0 radical (unpaired) electrons. The van der Waals surface area contributed by atoms with E-state index in [0.717, 1.165) is 12.8 Å². The molecule has 11 heteroatoms. The highest BCUT2D eigenvalue weighted by atomic mass is 32.2. The molecule has 0 bridgehead atoms. The summed E-state index contributed by atoms with van der Waals surface area (Å²) in [6, 6.07) is 5.22. The lowest BCUT2D eigenvalue weighted by molar-refractivity contribution is -0.387. The maximum Gasteiger partial charge on any atom is 0.296 e. The Kier molecular flexibility index (Phi) is 15.9. The van der Waals surface area contributed by atoms with Crippen molar-refractivity contribution in [1.82, 2.24) is 10.0 Å². The van der Waals surface area contributed by atoms with E-state index in [4.69, 9.17) is 4.43 Å². The molecule has 2 aliphatic rings. The van der Waals surface area contributed by atoms with Crippen molar-refractivity contribution in [2.24, 2.45) is 23.7 Å². The number of benzene rings is 1. The van der Waals surface area contributed by atoms with Crippen molar-refractivity contribution in [3.05, 3.63) is 84.0 Å². The first-order chi connectivity index (χ1) is 22.8. The quantitative estimate of drug-likeness (QED) is 0.0446. The number of hydrogen-bond acceptors (Lipinski definition) is 6. The van der Waals surface area contributed by atoms with Crippen LogP contribution in [-0.4, -0.2) is 45.8 Å². The molecule has 3 rings (SSSR count). The first-order valence-electron chi connectivity index (χ1n) is 17.1. The second kappa shape index (κ2) is 18.6. The summed E-state index contributed by atoms with van der Waals surface area (Å²) in [5, 5.41) is 14.0. The lowest BCUT2D eigenvalue weighted by atomic mass is 10.1. The molecular formula is C38H57N3O6SSi. The van der Waals surface area contributed by atoms with E-state index in [-0.39, 0.29) is 34.0 Å². The second-order valence-corrected chi connectivity index (χ2v) is 21.2. The summed E-state index contributed by atoms with van der Waals surface area (Å²) in [7, 11) is -5.80. The average Bonchev–Trinajstić information content (AvgIpc) is 3.93. The van der Waals surface area contributed by atoms with Gasteiger partial charge in [-0.2, -0.15) is 0 Å². The van der Waals surface area contributed by atoms with Gasteiger partial charge in [-0.15, -0.1) is 13.2 Å². The minimum atomic E-state index is -3.89. The summed E-state index contributed by atoms with van der Waals surface area (Å²) < 4.78 is 33.6. The van der Waals surface area contributed by atoms with Crippen molar-refractivity contribution in [2.75, 3.05) is 0 Å². The zero-order chi connectivity index (χ0) is 37.0. The molecule has 2 fully saturated rings. The fraction of sp³-hybridized carbons (Fsp3) is 0.553. The zero-order valence-corrected chi connectivity index (χ0v) is 32.4. The highest BCUT2D eigenvalue weighted by molar-refractivity contribution is 7.89. The van der Waals surface area contributed by atoms with Gasteiger partial charge in [0, 0.05) is 24.6 Å². The lowest BCUT2D eigenvalue weighted by Gasteiger charge is -2.38. The Morgan fingerprint density at radius 1 is 1.08 bits per heavy atom. The zero-order valence-electron chi connectivity index (χ0n) is 30.6. The maximum atomic E-state index is 12.3. The molecule has 0 spiro atoms. The normalized spacial score (nSPS) is 22.1. The Balaban J connectivity index is 0.000000353. The number of sulfonamides is 1. The molecule has 1 amide bonds. The summed E-state index contributed by atoms with van der Waals surface area (Å²) in [5.74, 6) is 7.77. The predicted molar refractivity (Wildman–Crippen MR) is 202 cm³/mol. The standard InChI is InChI=1S/C24H39NO2Si.C14H18N2O4S/c1-9-11-12-14-22(27-28(7,8)24(4,5)6)15-13-16-23(26)25-19(3)17-21-18-20(21)10-2;1-3-11-9-12(11)8-10(2)15-21(19,20)14-7-5-4-6-13(14)16(17)18/h9-12,14,19-22H,2,15,17-18H2,1,3-8H3,(H,25,26);3-7,10-12,15H,1,8-9H2,2H3/b11-9+,14-12+;/t19-,20+,21+,22?;10-,11+,12+/m11/s1. The summed E-state index contributed by atoms with van der Waals surface area (Å²) in [6.45, 7) is 24.5. The number of allylic oxidation sites excluding steroid dienone is 5. The van der Waals surface area contributed by atoms with E-state index in [9.17, 15) is 23.3 Å². The van der Waals surface area contributed by atoms with E-state index in [1.165, 1.54) is 30.7 Å². The smallest absolute Gasteiger partial charge is 0.296 e. The van der Waals surface area contributed by atoms with Gasteiger partial charge in [-0.25, -0.2) is 13.1 Å². The topological polar surface area (TPSA) is 128 Å². The fourth-order valence-electron chi connectivity index (χ4n) is 5.34. The molecule has 0 saturated heterocycles. The van der Waals surface area contributed by atoms with Crippen molar-refractivity contribution in [3.63, 3.8) is 0 Å². The molecule has 1 unspecified atom stereocenters. The Morgan fingerprint density at radius 2 is 1.65 bits per heavy atom. The molecule has 9 nitrogen and oxygen atoms in total. The van der Waals surface area contributed by atoms with E-state index >= 15 is 0 Å². The molecular weight excluding hydrogens is 655 g/mol. The number of nitro groups is 1. The van der Waals surface area contributed by atoms with E-state index in [1.54, 1.807) is 6.92 Å². The van der Waals surface area contributed by atoms with Crippen molar-refractivity contribution >= 4 is 29.9 Å². The van der Waals surface area contributed by atoms with Crippen LogP contribution in [0.2, 0.25) is 18.1 Å². The maximum absolute atomic E-state index is 12.3. The molecule has 270 valence electrons. The van der Waals surface area contributed by atoms with Crippen LogP contribution in [0.15, 0.2) is 78.8 Å². The summed E-state index contributed by atoms with van der Waals surface area (Å²) in [4.78, 5) is 22.1. The molecule has 2 aliphatic carbocycles. The van der Waals surface area contributed by atoms with Gasteiger partial charge >= 0.3 is 0 Å². The molecule has 0 aliphatic heterocycles. The number of amides is 1. The number of nitro benzene ring substituents is 1. The van der Waals surface area contributed by atoms with Gasteiger partial charge in [-0.05, 0) is 100 Å². The number of carbonyl (C=O) groups is 1. The molecule has 1 aromatic rings. The van der Waals surface area contributed by atoms with Crippen molar-refractivity contribution in [2.45, 2.75) is 115 Å². The van der Waals surface area contributed by atoms with E-state index in [0.29, 0.717) is 36.5 Å². The Bertz CT molecular complexity index is 1540. The van der Waals surface area contributed by atoms with Crippen LogP contribution in [0.5, 0.6) is 0 Å². The van der Waals surface area contributed by atoms with Crippen LogP contribution in [-0.2, 0) is 19.2 Å². The van der Waals surface area contributed by atoms with Gasteiger partial charge in [-0.3, -0.25) is 14.9 Å². The minimum Gasteiger partial charge on any atom is -0.410 e. The predicted octanol–water partition coefficient (Wildman–Crippen LogP) is 8.09. The Hall–Kier alpha value is -3.30. The number of para-hydroxylation sites is 1. The van der Waals surface area contributed by atoms with E-state index < -0.39 is 29.0 Å². The lowest BCUT2D eigenvalue weighted by Crippen LogP contribution is -2.43. The third kappa shape index (κ3) is 14.2. The number of nitrogens with one attached hydrogen (secondary N) is 2. The van der Waals surface area contributed by atoms with Gasteiger partial charge in [0.25, 0.3) is 11.6 Å². The molecule has 1 aromatic carbocycles. The van der Waals surface area contributed by atoms with Crippen molar-refractivity contribution in [3.8, 4) is 11.8 Å². The van der Waals surface area contributed by atoms with E-state index in [1.807, 2.05) is 50.3 Å². The molecule has 49 heavy (non-hydrogen) atoms. The molecule has 2 N–H and O–H groups in total. The second-order valence-electron chi connectivity index (χ2n) is 14.7. The third-order valence-corrected chi connectivity index (χ3v) is 15.5. The molecule has 0 heterocycles. The number of nitrogens with zero attached hydrogens (tertiary/aromatic N) is 1. The molecule has 2 saturated carbocycles. The molecule has 7 atom stereocenters. The summed E-state index contributed by atoms with van der Waals surface area (Å²) >= 11 is 0. The van der Waals surface area contributed by atoms with Crippen LogP contribution >= 0.6 is 0 Å². The van der Waals surface area contributed by atoms with Gasteiger partial charge in [0.1, 0.15) is 0 Å². The SMILES string of the molecule is C=C[C@H]1C[C@@H]1C[C@@H](C)NC(=O)C#CCC(/C=C/C=C/C)O[Si](C)(C)C(C)(C)C.C=C[C@H]1C[C@@H]1C[C@@H](C)NS(=O)(=O)c1ccccc1[N+](=O)[O-]. The largest absolute Gasteiger partial charge is 0.410 e. The van der Waals surface area contributed by atoms with Crippen LogP contribution in [0.3, 0.4) is 0 Å². The molecule has 0 aromatic heterocycles. The van der Waals surface area contributed by atoms with Crippen LogP contribution < -0.4 is 10.0 Å². The Labute approximate surface area is 296 Å². The van der Waals surface area contributed by atoms with Crippen molar-refractivity contribution < 1.29 is 22.6 Å². The minimum absolute atomic E-state index is 0.102. The van der Waals surface area contributed by atoms with Gasteiger partial charge in [0.2, 0.25) is 10.0 Å². The number of rotatable bonds is 16. The monoisotopic (exact) mass is 711 g/mol. The van der Waals surface area contributed by atoms with Crippen LogP contribution in [0.25, 0.3) is 0 Å². The van der Waals surface area contributed by atoms with Gasteiger partial charge in [0.15, 0.2) is 13.2 Å². The van der Waals surface area contributed by atoms with E-state index in [2.05, 4.69) is 68.9 Å². The van der Waals surface area contributed by atoms with Gasteiger partial charge < -0.3 is 9.74 Å². The van der Waals surface area contributed by atoms with Crippen LogP contribution in [0.1, 0.15) is 73.6 Å². The summed E-state index contributed by atoms with van der Waals surface area (Å²) in [5.41, 5.74) is -0.410.